The first-order valence-corrected chi connectivity index (χ1v) is 5.85. The van der Waals surface area contributed by atoms with E-state index in [0.29, 0.717) is 6.04 Å². The van der Waals surface area contributed by atoms with Gasteiger partial charge in [0.15, 0.2) is 0 Å². The Morgan fingerprint density at radius 1 is 1.31 bits per heavy atom. The van der Waals surface area contributed by atoms with Crippen LogP contribution < -0.4 is 11.1 Å². The van der Waals surface area contributed by atoms with E-state index < -0.39 is 5.97 Å². The SMILES string of the molecule is CC1(C)CC(N)CC(C)(C)N1.CCC(=O)O. The predicted octanol–water partition coefficient (Wildman–Crippen LogP) is 1.74. The molecular formula is C12H26N2O2. The van der Waals surface area contributed by atoms with Crippen molar-refractivity contribution in [2.75, 3.05) is 0 Å². The molecule has 0 aromatic rings. The number of carboxylic acid groups (broad SMARTS) is 1. The van der Waals surface area contributed by atoms with E-state index in [9.17, 15) is 4.79 Å². The first kappa shape index (κ1) is 15.4. The Labute approximate surface area is 98.6 Å². The molecule has 1 aliphatic heterocycles. The molecule has 1 saturated heterocycles. The highest BCUT2D eigenvalue weighted by Crippen LogP contribution is 2.26. The second-order valence-electron chi connectivity index (χ2n) is 5.81. The summed E-state index contributed by atoms with van der Waals surface area (Å²) in [6, 6.07) is 0.362. The van der Waals surface area contributed by atoms with Crippen LogP contribution in [0, 0.1) is 0 Å². The number of aliphatic carboxylic acids is 1. The summed E-state index contributed by atoms with van der Waals surface area (Å²) in [6.07, 6.45) is 2.38. The van der Waals surface area contributed by atoms with Crippen LogP contribution in [0.4, 0.5) is 0 Å². The topological polar surface area (TPSA) is 75.3 Å². The van der Waals surface area contributed by atoms with Crippen LogP contribution >= 0.6 is 0 Å². The summed E-state index contributed by atoms with van der Waals surface area (Å²) in [4.78, 5) is 9.37. The maximum absolute atomic E-state index is 9.37. The van der Waals surface area contributed by atoms with Crippen molar-refractivity contribution < 1.29 is 9.90 Å². The van der Waals surface area contributed by atoms with Gasteiger partial charge in [-0.15, -0.1) is 0 Å². The lowest BCUT2D eigenvalue weighted by molar-refractivity contribution is -0.136. The lowest BCUT2D eigenvalue weighted by atomic mass is 9.80. The van der Waals surface area contributed by atoms with Crippen LogP contribution in [0.15, 0.2) is 0 Å². The number of hydrogen-bond donors (Lipinski definition) is 3. The van der Waals surface area contributed by atoms with Gasteiger partial charge in [-0.2, -0.15) is 0 Å². The van der Waals surface area contributed by atoms with E-state index in [-0.39, 0.29) is 17.5 Å². The molecule has 1 heterocycles. The third-order valence-electron chi connectivity index (χ3n) is 2.52. The van der Waals surface area contributed by atoms with Gasteiger partial charge in [-0.1, -0.05) is 6.92 Å². The highest BCUT2D eigenvalue weighted by Gasteiger charge is 2.35. The average molecular weight is 230 g/mol. The number of nitrogens with one attached hydrogen (secondary N) is 1. The van der Waals surface area contributed by atoms with Gasteiger partial charge in [-0.3, -0.25) is 4.79 Å². The predicted molar refractivity (Wildman–Crippen MR) is 66.4 cm³/mol. The Hall–Kier alpha value is -0.610. The average Bonchev–Trinajstić information content (AvgIpc) is 1.97. The lowest BCUT2D eigenvalue weighted by Crippen LogP contribution is -2.60. The van der Waals surface area contributed by atoms with Crippen LogP contribution in [-0.2, 0) is 4.79 Å². The van der Waals surface area contributed by atoms with Gasteiger partial charge in [0.2, 0.25) is 0 Å². The largest absolute Gasteiger partial charge is 0.481 e. The van der Waals surface area contributed by atoms with E-state index in [1.54, 1.807) is 6.92 Å². The smallest absolute Gasteiger partial charge is 0.303 e. The Balaban J connectivity index is 0.000000385. The number of carboxylic acids is 1. The van der Waals surface area contributed by atoms with Gasteiger partial charge in [0.05, 0.1) is 0 Å². The maximum Gasteiger partial charge on any atom is 0.303 e. The minimum absolute atomic E-state index is 0.209. The fourth-order valence-electron chi connectivity index (χ4n) is 2.40. The summed E-state index contributed by atoms with van der Waals surface area (Å²) in [5, 5.41) is 11.3. The zero-order valence-corrected chi connectivity index (χ0v) is 11.1. The van der Waals surface area contributed by atoms with Crippen LogP contribution in [0.2, 0.25) is 0 Å². The minimum atomic E-state index is -0.745. The molecule has 0 aliphatic carbocycles. The van der Waals surface area contributed by atoms with Gasteiger partial charge < -0.3 is 16.2 Å². The summed E-state index contributed by atoms with van der Waals surface area (Å²) >= 11 is 0. The normalized spacial score (nSPS) is 23.1. The van der Waals surface area contributed by atoms with Crippen molar-refractivity contribution in [2.24, 2.45) is 5.73 Å². The maximum atomic E-state index is 9.37. The highest BCUT2D eigenvalue weighted by atomic mass is 16.4. The van der Waals surface area contributed by atoms with Crippen molar-refractivity contribution in [2.45, 2.75) is 71.0 Å². The molecule has 0 saturated carbocycles. The molecule has 1 rings (SSSR count). The van der Waals surface area contributed by atoms with Gasteiger partial charge in [0.25, 0.3) is 0 Å². The molecule has 0 unspecified atom stereocenters. The van der Waals surface area contributed by atoms with Crippen LogP contribution in [0.25, 0.3) is 0 Å². The van der Waals surface area contributed by atoms with Crippen molar-refractivity contribution in [3.8, 4) is 0 Å². The van der Waals surface area contributed by atoms with Gasteiger partial charge in [-0.25, -0.2) is 0 Å². The molecule has 0 aromatic carbocycles. The first-order valence-electron chi connectivity index (χ1n) is 5.85. The molecule has 4 heteroatoms. The molecule has 16 heavy (non-hydrogen) atoms. The fourth-order valence-corrected chi connectivity index (χ4v) is 2.40. The van der Waals surface area contributed by atoms with E-state index in [0.717, 1.165) is 12.8 Å². The Bertz CT molecular complexity index is 221. The number of rotatable bonds is 1. The summed E-state index contributed by atoms with van der Waals surface area (Å²) in [5.74, 6) is -0.745. The van der Waals surface area contributed by atoms with Gasteiger partial charge in [-0.05, 0) is 40.5 Å². The van der Waals surface area contributed by atoms with Gasteiger partial charge >= 0.3 is 5.97 Å². The van der Waals surface area contributed by atoms with E-state index in [1.807, 2.05) is 0 Å². The first-order chi connectivity index (χ1) is 7.08. The zero-order chi connectivity index (χ0) is 13.0. The second kappa shape index (κ2) is 5.64. The Kier molecular flexibility index (Phi) is 5.42. The third kappa shape index (κ3) is 6.80. The molecule has 4 nitrogen and oxygen atoms in total. The molecule has 0 aromatic heterocycles. The molecule has 96 valence electrons. The van der Waals surface area contributed by atoms with E-state index in [1.165, 1.54) is 0 Å². The zero-order valence-electron chi connectivity index (χ0n) is 11.1. The number of hydrogen-bond acceptors (Lipinski definition) is 3. The number of piperidine rings is 1. The number of nitrogens with two attached hydrogens (primary N) is 1. The van der Waals surface area contributed by atoms with Crippen molar-refractivity contribution in [3.05, 3.63) is 0 Å². The fraction of sp³-hybridized carbons (Fsp3) is 0.917. The van der Waals surface area contributed by atoms with E-state index in [4.69, 9.17) is 10.8 Å². The molecule has 1 fully saturated rings. The quantitative estimate of drug-likeness (QED) is 0.641. The Morgan fingerprint density at radius 3 is 1.81 bits per heavy atom. The summed E-state index contributed by atoms with van der Waals surface area (Å²) in [7, 11) is 0. The van der Waals surface area contributed by atoms with Crippen molar-refractivity contribution >= 4 is 5.97 Å². The molecular weight excluding hydrogens is 204 g/mol. The molecule has 4 N–H and O–H groups in total. The van der Waals surface area contributed by atoms with Crippen molar-refractivity contribution in [1.82, 2.24) is 5.32 Å². The lowest BCUT2D eigenvalue weighted by Gasteiger charge is -2.45. The van der Waals surface area contributed by atoms with Gasteiger partial charge in [0.1, 0.15) is 0 Å². The molecule has 0 amide bonds. The van der Waals surface area contributed by atoms with E-state index in [2.05, 4.69) is 33.0 Å². The summed E-state index contributed by atoms with van der Waals surface area (Å²) < 4.78 is 0. The van der Waals surface area contributed by atoms with Crippen LogP contribution in [0.1, 0.15) is 53.9 Å². The second-order valence-corrected chi connectivity index (χ2v) is 5.81. The molecule has 1 aliphatic rings. The summed E-state index contributed by atoms with van der Waals surface area (Å²) in [6.45, 7) is 10.5. The Morgan fingerprint density at radius 2 is 1.62 bits per heavy atom. The van der Waals surface area contributed by atoms with Crippen molar-refractivity contribution in [3.63, 3.8) is 0 Å². The molecule has 0 radical (unpaired) electrons. The van der Waals surface area contributed by atoms with Crippen molar-refractivity contribution in [1.29, 1.82) is 0 Å². The van der Waals surface area contributed by atoms with E-state index >= 15 is 0 Å². The minimum Gasteiger partial charge on any atom is -0.481 e. The molecule has 0 bridgehead atoms. The van der Waals surface area contributed by atoms with Crippen LogP contribution in [-0.4, -0.2) is 28.2 Å². The van der Waals surface area contributed by atoms with Crippen LogP contribution in [0.5, 0.6) is 0 Å². The summed E-state index contributed by atoms with van der Waals surface area (Å²) in [5.41, 5.74) is 6.36. The standard InChI is InChI=1S/C9H20N2.C3H6O2/c1-8(2)5-7(10)6-9(3,4)11-8;1-2-3(4)5/h7,11H,5-6,10H2,1-4H3;2H2,1H3,(H,4,5). The molecule has 0 atom stereocenters. The van der Waals surface area contributed by atoms with Gasteiger partial charge in [0, 0.05) is 23.5 Å². The third-order valence-corrected chi connectivity index (χ3v) is 2.52. The monoisotopic (exact) mass is 230 g/mol. The highest BCUT2D eigenvalue weighted by molar-refractivity contribution is 5.66. The molecule has 0 spiro atoms. The van der Waals surface area contributed by atoms with Crippen LogP contribution in [0.3, 0.4) is 0 Å². The number of carbonyl (C=O) groups is 1.